The highest BCUT2D eigenvalue weighted by Gasteiger charge is 2.02. The molecule has 0 bridgehead atoms. The Hall–Kier alpha value is -0.100. The molecular weight excluding hydrogens is 422 g/mol. The van der Waals surface area contributed by atoms with Gasteiger partial charge in [0, 0.05) is 7.14 Å². The third-order valence-corrected chi connectivity index (χ3v) is 3.66. The van der Waals surface area contributed by atoms with Crippen LogP contribution < -0.4 is 0 Å². The Balaban J connectivity index is 2.57. The van der Waals surface area contributed by atoms with Gasteiger partial charge in [0.05, 0.1) is 0 Å². The molecular formula is C14H12I2. The predicted octanol–water partition coefficient (Wildman–Crippen LogP) is 5.18. The molecule has 0 nitrogen and oxygen atoms in total. The summed E-state index contributed by atoms with van der Waals surface area (Å²) in [5, 5.41) is 0. The van der Waals surface area contributed by atoms with E-state index < -0.39 is 0 Å². The SMILES string of the molecule is Cc1cc(I)cc(-c2cc(C)cc(I)c2)c1. The third-order valence-electron chi connectivity index (χ3n) is 2.42. The minimum Gasteiger partial charge on any atom is -0.0514 e. The molecule has 0 heterocycles. The van der Waals surface area contributed by atoms with Crippen LogP contribution in [0.15, 0.2) is 36.4 Å². The summed E-state index contributed by atoms with van der Waals surface area (Å²) in [6.07, 6.45) is 0. The monoisotopic (exact) mass is 434 g/mol. The lowest BCUT2D eigenvalue weighted by molar-refractivity contribution is 1.41. The fourth-order valence-corrected chi connectivity index (χ4v) is 3.46. The fraction of sp³-hybridized carbons (Fsp3) is 0.143. The summed E-state index contributed by atoms with van der Waals surface area (Å²) in [7, 11) is 0. The van der Waals surface area contributed by atoms with Crippen molar-refractivity contribution in [3.63, 3.8) is 0 Å². The Morgan fingerprint density at radius 1 is 0.625 bits per heavy atom. The topological polar surface area (TPSA) is 0 Å². The molecule has 0 spiro atoms. The van der Waals surface area contributed by atoms with Crippen molar-refractivity contribution in [2.75, 3.05) is 0 Å². The molecule has 0 aliphatic rings. The Morgan fingerprint density at radius 2 is 1.00 bits per heavy atom. The van der Waals surface area contributed by atoms with Gasteiger partial charge in [0.25, 0.3) is 0 Å². The molecule has 0 N–H and O–H groups in total. The second kappa shape index (κ2) is 5.04. The van der Waals surface area contributed by atoms with E-state index in [4.69, 9.17) is 0 Å². The highest BCUT2D eigenvalue weighted by molar-refractivity contribution is 14.1. The van der Waals surface area contributed by atoms with Crippen LogP contribution in [0.2, 0.25) is 0 Å². The zero-order valence-electron chi connectivity index (χ0n) is 9.22. The summed E-state index contributed by atoms with van der Waals surface area (Å²) < 4.78 is 2.59. The molecule has 16 heavy (non-hydrogen) atoms. The van der Waals surface area contributed by atoms with Crippen molar-refractivity contribution in [1.29, 1.82) is 0 Å². The smallest absolute Gasteiger partial charge is 0.0139 e. The molecule has 0 amide bonds. The summed E-state index contributed by atoms with van der Waals surface area (Å²) >= 11 is 4.75. The van der Waals surface area contributed by atoms with E-state index in [1.54, 1.807) is 0 Å². The molecule has 2 aromatic rings. The van der Waals surface area contributed by atoms with Crippen LogP contribution in [-0.2, 0) is 0 Å². The van der Waals surface area contributed by atoms with Gasteiger partial charge in [-0.3, -0.25) is 0 Å². The molecule has 2 heteroatoms. The van der Waals surface area contributed by atoms with Crippen LogP contribution in [0.4, 0.5) is 0 Å². The molecule has 0 saturated carbocycles. The number of aryl methyl sites for hydroxylation is 2. The second-order valence-corrected chi connectivity index (χ2v) is 6.53. The maximum absolute atomic E-state index is 2.37. The molecule has 0 atom stereocenters. The van der Waals surface area contributed by atoms with Gasteiger partial charge in [0.15, 0.2) is 0 Å². The van der Waals surface area contributed by atoms with Gasteiger partial charge in [-0.05, 0) is 106 Å². The van der Waals surface area contributed by atoms with Gasteiger partial charge >= 0.3 is 0 Å². The highest BCUT2D eigenvalue weighted by Crippen LogP contribution is 2.25. The number of hydrogen-bond donors (Lipinski definition) is 0. The quantitative estimate of drug-likeness (QED) is 0.543. The van der Waals surface area contributed by atoms with Crippen molar-refractivity contribution >= 4 is 45.2 Å². The Bertz CT molecular complexity index is 440. The molecule has 0 unspecified atom stereocenters. The van der Waals surface area contributed by atoms with Gasteiger partial charge < -0.3 is 0 Å². The lowest BCUT2D eigenvalue weighted by Gasteiger charge is -2.06. The summed E-state index contributed by atoms with van der Waals surface area (Å²) in [6, 6.07) is 13.4. The second-order valence-electron chi connectivity index (χ2n) is 4.03. The average molecular weight is 434 g/mol. The maximum atomic E-state index is 2.37. The minimum absolute atomic E-state index is 1.30. The Labute approximate surface area is 124 Å². The van der Waals surface area contributed by atoms with E-state index in [0.29, 0.717) is 0 Å². The van der Waals surface area contributed by atoms with Gasteiger partial charge in [-0.1, -0.05) is 12.1 Å². The molecule has 0 aliphatic heterocycles. The average Bonchev–Trinajstić information content (AvgIpc) is 2.14. The lowest BCUT2D eigenvalue weighted by atomic mass is 10.0. The van der Waals surface area contributed by atoms with Crippen molar-refractivity contribution < 1.29 is 0 Å². The molecule has 0 aliphatic carbocycles. The van der Waals surface area contributed by atoms with Gasteiger partial charge in [-0.25, -0.2) is 0 Å². The first-order valence-corrected chi connectivity index (χ1v) is 7.25. The number of benzene rings is 2. The van der Waals surface area contributed by atoms with Crippen molar-refractivity contribution in [1.82, 2.24) is 0 Å². The lowest BCUT2D eigenvalue weighted by Crippen LogP contribution is -1.85. The molecule has 0 saturated heterocycles. The van der Waals surface area contributed by atoms with E-state index in [2.05, 4.69) is 95.4 Å². The molecule has 0 radical (unpaired) electrons. The Morgan fingerprint density at radius 3 is 1.31 bits per heavy atom. The van der Waals surface area contributed by atoms with Crippen molar-refractivity contribution in [2.45, 2.75) is 13.8 Å². The first-order chi connectivity index (χ1) is 7.54. The number of hydrogen-bond acceptors (Lipinski definition) is 0. The molecule has 2 rings (SSSR count). The van der Waals surface area contributed by atoms with E-state index in [-0.39, 0.29) is 0 Å². The van der Waals surface area contributed by atoms with E-state index >= 15 is 0 Å². The van der Waals surface area contributed by atoms with Gasteiger partial charge in [-0.2, -0.15) is 0 Å². The largest absolute Gasteiger partial charge is 0.0514 e. The molecule has 0 aromatic heterocycles. The molecule has 82 valence electrons. The van der Waals surface area contributed by atoms with Crippen LogP contribution in [0, 0.1) is 21.0 Å². The summed E-state index contributed by atoms with van der Waals surface area (Å²) in [5.74, 6) is 0. The third kappa shape index (κ3) is 2.97. The van der Waals surface area contributed by atoms with Crippen LogP contribution in [0.1, 0.15) is 11.1 Å². The zero-order valence-corrected chi connectivity index (χ0v) is 13.5. The zero-order chi connectivity index (χ0) is 11.7. The van der Waals surface area contributed by atoms with Gasteiger partial charge in [-0.15, -0.1) is 0 Å². The fourth-order valence-electron chi connectivity index (χ4n) is 1.81. The summed E-state index contributed by atoms with van der Waals surface area (Å²) in [5.41, 5.74) is 5.26. The van der Waals surface area contributed by atoms with Gasteiger partial charge in [0.2, 0.25) is 0 Å². The predicted molar refractivity (Wildman–Crippen MR) is 86.8 cm³/mol. The van der Waals surface area contributed by atoms with Crippen molar-refractivity contribution in [2.24, 2.45) is 0 Å². The van der Waals surface area contributed by atoms with Crippen LogP contribution >= 0.6 is 45.2 Å². The molecule has 2 aromatic carbocycles. The first kappa shape index (κ1) is 12.4. The van der Waals surface area contributed by atoms with Crippen LogP contribution in [0.5, 0.6) is 0 Å². The Kier molecular flexibility index (Phi) is 3.89. The van der Waals surface area contributed by atoms with Crippen LogP contribution in [-0.4, -0.2) is 0 Å². The van der Waals surface area contributed by atoms with E-state index in [1.807, 2.05) is 0 Å². The van der Waals surface area contributed by atoms with E-state index in [1.165, 1.54) is 29.4 Å². The number of halogens is 2. The first-order valence-electron chi connectivity index (χ1n) is 5.09. The van der Waals surface area contributed by atoms with Crippen LogP contribution in [0.3, 0.4) is 0 Å². The highest BCUT2D eigenvalue weighted by atomic mass is 127. The summed E-state index contributed by atoms with van der Waals surface area (Å²) in [6.45, 7) is 4.29. The summed E-state index contributed by atoms with van der Waals surface area (Å²) in [4.78, 5) is 0. The van der Waals surface area contributed by atoms with Crippen LogP contribution in [0.25, 0.3) is 11.1 Å². The van der Waals surface area contributed by atoms with Crippen molar-refractivity contribution in [3.05, 3.63) is 54.7 Å². The minimum atomic E-state index is 1.30. The molecule has 0 fully saturated rings. The van der Waals surface area contributed by atoms with E-state index in [9.17, 15) is 0 Å². The maximum Gasteiger partial charge on any atom is 0.0139 e. The number of rotatable bonds is 1. The van der Waals surface area contributed by atoms with E-state index in [0.717, 1.165) is 0 Å². The normalized spacial score (nSPS) is 10.5. The van der Waals surface area contributed by atoms with Crippen molar-refractivity contribution in [3.8, 4) is 11.1 Å². The standard InChI is InChI=1S/C14H12I2/c1-9-3-11(7-13(15)5-9)12-4-10(2)6-14(16)8-12/h3-8H,1-2H3. The van der Waals surface area contributed by atoms with Gasteiger partial charge in [0.1, 0.15) is 0 Å².